The number of ketones is 1. The number of halogens is 1. The van der Waals surface area contributed by atoms with Crippen LogP contribution in [0.25, 0.3) is 0 Å². The second-order valence-electron chi connectivity index (χ2n) is 9.60. The molecule has 33 heavy (non-hydrogen) atoms. The van der Waals surface area contributed by atoms with Gasteiger partial charge < -0.3 is 21.7 Å². The van der Waals surface area contributed by atoms with Crippen molar-refractivity contribution in [2.45, 2.75) is 25.3 Å². The van der Waals surface area contributed by atoms with Crippen LogP contribution in [-0.4, -0.2) is 58.0 Å². The number of primary amides is 1. The van der Waals surface area contributed by atoms with Crippen LogP contribution in [0.15, 0.2) is 36.4 Å². The first-order valence-electron chi connectivity index (χ1n) is 11.5. The molecule has 4 rings (SSSR count). The number of benzene rings is 2. The zero-order valence-electron chi connectivity index (χ0n) is 19.5. The third-order valence-electron chi connectivity index (χ3n) is 7.04. The van der Waals surface area contributed by atoms with Crippen molar-refractivity contribution in [1.29, 1.82) is 0 Å². The van der Waals surface area contributed by atoms with Gasteiger partial charge in [0, 0.05) is 37.7 Å². The largest absolute Gasteiger partial charge is 0.396 e. The maximum Gasteiger partial charge on any atom is 0.230 e. The highest BCUT2D eigenvalue weighted by atomic mass is 19.1. The Hall–Kier alpha value is -2.97. The van der Waals surface area contributed by atoms with Crippen LogP contribution in [-0.2, 0) is 4.79 Å². The summed E-state index contributed by atoms with van der Waals surface area (Å²) in [6, 6.07) is 12.6. The van der Waals surface area contributed by atoms with Crippen LogP contribution in [0.4, 0.5) is 21.5 Å². The molecule has 1 amide bonds. The van der Waals surface area contributed by atoms with Gasteiger partial charge in [-0.05, 0) is 18.9 Å². The Morgan fingerprint density at radius 1 is 1.27 bits per heavy atom. The van der Waals surface area contributed by atoms with Gasteiger partial charge in [-0.3, -0.25) is 14.1 Å². The molecule has 5 N–H and O–H groups in total. The molecular formula is C25H33FN5O2+. The minimum Gasteiger partial charge on any atom is -0.396 e. The first kappa shape index (κ1) is 23.2. The van der Waals surface area contributed by atoms with Crippen molar-refractivity contribution in [3.8, 4) is 0 Å². The standard InChI is InChI=1S/C25H32FN5O2/c1-4-30-14-17(25(28)33)24(32)21-19(30)13-20(22(26)23(21)27)31(2,3)11-10-29-18-12-16(18)15-8-6-5-7-9-15/h5-9,13,16-18,29H,4,10-12,14H2,1-3H3,(H3-,27,28,32,33)/p+1/t16?,17-,18-/m1/s1. The fourth-order valence-electron chi connectivity index (χ4n) is 4.83. The van der Waals surface area contributed by atoms with Crippen LogP contribution in [0.2, 0.25) is 0 Å². The Balaban J connectivity index is 1.52. The Labute approximate surface area is 194 Å². The van der Waals surface area contributed by atoms with Crippen molar-refractivity contribution in [2.75, 3.05) is 50.9 Å². The first-order chi connectivity index (χ1) is 15.7. The third kappa shape index (κ3) is 4.32. The van der Waals surface area contributed by atoms with Crippen molar-refractivity contribution in [2.24, 2.45) is 11.7 Å². The van der Waals surface area contributed by atoms with Crippen molar-refractivity contribution in [3.05, 3.63) is 53.3 Å². The Morgan fingerprint density at radius 3 is 2.61 bits per heavy atom. The summed E-state index contributed by atoms with van der Waals surface area (Å²) in [5.41, 5.74) is 13.8. The van der Waals surface area contributed by atoms with E-state index < -0.39 is 23.4 Å². The van der Waals surface area contributed by atoms with Gasteiger partial charge in [-0.2, -0.15) is 4.39 Å². The topological polar surface area (TPSA) is 101 Å². The summed E-state index contributed by atoms with van der Waals surface area (Å²) >= 11 is 0. The number of Topliss-reactive ketones (excluding diaryl/α,β-unsaturated/α-hetero) is 1. The molecule has 8 heteroatoms. The molecule has 7 nitrogen and oxygen atoms in total. The van der Waals surface area contributed by atoms with Crippen LogP contribution in [0.1, 0.15) is 35.2 Å². The number of hydrogen-bond acceptors (Lipinski definition) is 5. The summed E-state index contributed by atoms with van der Waals surface area (Å²) in [5, 5.41) is 3.59. The van der Waals surface area contributed by atoms with Crippen LogP contribution >= 0.6 is 0 Å². The molecule has 0 aromatic heterocycles. The van der Waals surface area contributed by atoms with E-state index in [1.54, 1.807) is 6.07 Å². The SMILES string of the molecule is CCN1C[C@@H](C(N)=O)C(=O)c2c1cc([N+](C)(C)CCN[C@@H]1CC1c1ccccc1)c(F)c2N. The summed E-state index contributed by atoms with van der Waals surface area (Å²) < 4.78 is 15.7. The molecule has 0 saturated heterocycles. The van der Waals surface area contributed by atoms with E-state index in [4.69, 9.17) is 11.5 Å². The zero-order chi connectivity index (χ0) is 23.9. The average Bonchev–Trinajstić information content (AvgIpc) is 3.55. The van der Waals surface area contributed by atoms with E-state index >= 15 is 4.39 Å². The average molecular weight is 455 g/mol. The molecular weight excluding hydrogens is 421 g/mol. The monoisotopic (exact) mass is 454 g/mol. The van der Waals surface area contributed by atoms with Gasteiger partial charge >= 0.3 is 0 Å². The molecule has 1 unspecified atom stereocenters. The third-order valence-corrected chi connectivity index (χ3v) is 7.04. The number of nitrogen functional groups attached to an aromatic ring is 1. The summed E-state index contributed by atoms with van der Waals surface area (Å²) in [6.45, 7) is 4.01. The highest BCUT2D eigenvalue weighted by Crippen LogP contribution is 2.42. The molecule has 2 aromatic rings. The normalized spacial score (nSPS) is 22.2. The highest BCUT2D eigenvalue weighted by Gasteiger charge is 2.41. The predicted octanol–water partition coefficient (Wildman–Crippen LogP) is 2.24. The van der Waals surface area contributed by atoms with Crippen molar-refractivity contribution in [1.82, 2.24) is 9.80 Å². The molecule has 176 valence electrons. The fraction of sp³-hybridized carbons (Fsp3) is 0.440. The second-order valence-corrected chi connectivity index (χ2v) is 9.60. The number of hydrogen-bond donors (Lipinski definition) is 3. The Bertz CT molecular complexity index is 1070. The van der Waals surface area contributed by atoms with Gasteiger partial charge in [-0.25, -0.2) is 0 Å². The molecule has 2 aromatic carbocycles. The lowest BCUT2D eigenvalue weighted by atomic mass is 9.88. The zero-order valence-corrected chi connectivity index (χ0v) is 19.5. The van der Waals surface area contributed by atoms with Crippen molar-refractivity contribution in [3.63, 3.8) is 0 Å². The molecule has 0 bridgehead atoms. The van der Waals surface area contributed by atoms with Crippen LogP contribution < -0.4 is 26.2 Å². The second kappa shape index (κ2) is 8.76. The number of anilines is 2. The molecule has 1 fully saturated rings. The Morgan fingerprint density at radius 2 is 1.97 bits per heavy atom. The smallest absolute Gasteiger partial charge is 0.230 e. The van der Waals surface area contributed by atoms with E-state index in [2.05, 4.69) is 29.6 Å². The minimum atomic E-state index is -1.02. The number of likely N-dealkylation sites (N-methyl/N-ethyl adjacent to an activating group) is 1. The molecule has 2 aliphatic rings. The van der Waals surface area contributed by atoms with Crippen molar-refractivity contribution >= 4 is 28.8 Å². The van der Waals surface area contributed by atoms with Gasteiger partial charge in [-0.1, -0.05) is 30.3 Å². The number of rotatable bonds is 8. The molecule has 3 atom stereocenters. The van der Waals surface area contributed by atoms with Crippen LogP contribution in [0.5, 0.6) is 0 Å². The van der Waals surface area contributed by atoms with Gasteiger partial charge in [0.25, 0.3) is 0 Å². The van der Waals surface area contributed by atoms with Gasteiger partial charge in [0.15, 0.2) is 11.5 Å². The lowest BCUT2D eigenvalue weighted by molar-refractivity contribution is -0.120. The number of carbonyl (C=O) groups is 2. The van der Waals surface area contributed by atoms with E-state index in [1.807, 2.05) is 32.0 Å². The Kier molecular flexibility index (Phi) is 6.16. The lowest BCUT2D eigenvalue weighted by Gasteiger charge is -2.36. The number of amides is 1. The molecule has 0 spiro atoms. The van der Waals surface area contributed by atoms with Gasteiger partial charge in [0.1, 0.15) is 5.92 Å². The fourth-order valence-corrected chi connectivity index (χ4v) is 4.83. The number of nitrogens with one attached hydrogen (secondary N) is 1. The highest BCUT2D eigenvalue weighted by molar-refractivity contribution is 6.17. The van der Waals surface area contributed by atoms with E-state index in [0.717, 1.165) is 13.0 Å². The molecule has 1 saturated carbocycles. The predicted molar refractivity (Wildman–Crippen MR) is 130 cm³/mol. The van der Waals surface area contributed by atoms with E-state index in [-0.39, 0.29) is 22.3 Å². The van der Waals surface area contributed by atoms with E-state index in [0.29, 0.717) is 36.4 Å². The number of nitrogens with zero attached hydrogens (tertiary/aromatic N) is 2. The van der Waals surface area contributed by atoms with Gasteiger partial charge in [0.2, 0.25) is 11.7 Å². The summed E-state index contributed by atoms with van der Waals surface area (Å²) in [7, 11) is 3.86. The van der Waals surface area contributed by atoms with Gasteiger partial charge in [-0.15, -0.1) is 0 Å². The van der Waals surface area contributed by atoms with E-state index in [1.165, 1.54) is 5.56 Å². The quantitative estimate of drug-likeness (QED) is 0.323. The first-order valence-corrected chi connectivity index (χ1v) is 11.5. The minimum absolute atomic E-state index is 0.0648. The number of nitrogens with two attached hydrogens (primary N) is 2. The van der Waals surface area contributed by atoms with Crippen LogP contribution in [0, 0.1) is 11.7 Å². The summed E-state index contributed by atoms with van der Waals surface area (Å²) in [4.78, 5) is 26.5. The number of fused-ring (bicyclic) bond motifs is 1. The van der Waals surface area contributed by atoms with Gasteiger partial charge in [0.05, 0.1) is 37.6 Å². The van der Waals surface area contributed by atoms with Crippen molar-refractivity contribution < 1.29 is 14.0 Å². The molecule has 1 aliphatic heterocycles. The lowest BCUT2D eigenvalue weighted by Crippen LogP contribution is -2.48. The molecule has 1 heterocycles. The molecule has 0 radical (unpaired) electrons. The maximum absolute atomic E-state index is 15.5. The molecule has 1 aliphatic carbocycles. The number of carbonyl (C=O) groups excluding carboxylic acids is 2. The maximum atomic E-state index is 15.5. The van der Waals surface area contributed by atoms with E-state index in [9.17, 15) is 9.59 Å². The van der Waals surface area contributed by atoms with Crippen LogP contribution in [0.3, 0.4) is 0 Å². The number of quaternary nitrogens is 1. The summed E-state index contributed by atoms with van der Waals surface area (Å²) in [6.07, 6.45) is 1.10. The summed E-state index contributed by atoms with van der Waals surface area (Å²) in [5.74, 6) is -2.32.